The van der Waals surface area contributed by atoms with Gasteiger partial charge in [-0.2, -0.15) is 0 Å². The fraction of sp³-hybridized carbons (Fsp3) is 0.160. The summed E-state index contributed by atoms with van der Waals surface area (Å²) in [7, 11) is -3.73. The molecule has 0 amide bonds. The number of benzene rings is 3. The van der Waals surface area contributed by atoms with Crippen LogP contribution in [0.4, 0.5) is 0 Å². The summed E-state index contributed by atoms with van der Waals surface area (Å²) in [6.45, 7) is 0.987. The van der Waals surface area contributed by atoms with Crippen molar-refractivity contribution in [2.24, 2.45) is 0 Å². The maximum absolute atomic E-state index is 12.9. The van der Waals surface area contributed by atoms with E-state index in [0.29, 0.717) is 30.1 Å². The molecule has 3 aromatic rings. The molecule has 0 fully saturated rings. The van der Waals surface area contributed by atoms with Crippen LogP contribution in [-0.2, 0) is 21.1 Å². The smallest absolute Gasteiger partial charge is 0.328 e. The third-order valence-corrected chi connectivity index (χ3v) is 6.98. The van der Waals surface area contributed by atoms with Crippen molar-refractivity contribution in [2.45, 2.75) is 22.3 Å². The molecule has 8 heteroatoms. The molecule has 3 N–H and O–H groups in total. The van der Waals surface area contributed by atoms with E-state index < -0.39 is 21.9 Å². The molecular weight excluding hydrogens is 462 g/mol. The topological polar surface area (TPSA) is 104 Å². The van der Waals surface area contributed by atoms with E-state index in [4.69, 9.17) is 16.7 Å². The van der Waals surface area contributed by atoms with Crippen LogP contribution in [0.2, 0.25) is 5.02 Å². The van der Waals surface area contributed by atoms with Crippen LogP contribution in [0.15, 0.2) is 88.7 Å². The van der Waals surface area contributed by atoms with E-state index >= 15 is 0 Å². The molecule has 6 nitrogen and oxygen atoms in total. The van der Waals surface area contributed by atoms with Crippen molar-refractivity contribution in [3.63, 3.8) is 0 Å². The van der Waals surface area contributed by atoms with Crippen molar-refractivity contribution in [3.05, 3.63) is 101 Å². The quantitative estimate of drug-likeness (QED) is 0.294. The molecule has 0 heterocycles. The number of carboxylic acid groups (broad SMARTS) is 1. The van der Waals surface area contributed by atoms with Crippen molar-refractivity contribution in [1.29, 1.82) is 0 Å². The number of aliphatic carboxylic acids is 1. The average molecular weight is 486 g/mol. The lowest BCUT2D eigenvalue weighted by atomic mass is 10.1. The van der Waals surface area contributed by atoms with Crippen molar-refractivity contribution >= 4 is 33.5 Å². The van der Waals surface area contributed by atoms with Gasteiger partial charge in [0.15, 0.2) is 0 Å². The van der Waals surface area contributed by atoms with Gasteiger partial charge >= 0.3 is 5.97 Å². The zero-order valence-corrected chi connectivity index (χ0v) is 19.3. The van der Waals surface area contributed by atoms with Gasteiger partial charge in [-0.15, -0.1) is 0 Å². The number of hydrogen-bond acceptors (Lipinski definition) is 5. The number of halogens is 1. The van der Waals surface area contributed by atoms with Gasteiger partial charge in [-0.1, -0.05) is 48.0 Å². The Morgan fingerprint density at radius 1 is 1.00 bits per heavy atom. The fourth-order valence-electron chi connectivity index (χ4n) is 3.23. The molecule has 0 aliphatic heterocycles. The van der Waals surface area contributed by atoms with Crippen LogP contribution in [0.5, 0.6) is 0 Å². The summed E-state index contributed by atoms with van der Waals surface area (Å²) in [5, 5.41) is 22.7. The Hall–Kier alpha value is -2.97. The molecule has 172 valence electrons. The summed E-state index contributed by atoms with van der Waals surface area (Å²) in [6, 6.07) is 19.9. The molecule has 0 aromatic heterocycles. The minimum Gasteiger partial charge on any atom is -0.478 e. The predicted octanol–water partition coefficient (Wildman–Crippen LogP) is 4.14. The van der Waals surface area contributed by atoms with Crippen LogP contribution in [0.3, 0.4) is 0 Å². The third-order valence-electron chi connectivity index (χ3n) is 4.98. The molecule has 0 unspecified atom stereocenters. The second-order valence-electron chi connectivity index (χ2n) is 7.42. The number of sulfone groups is 1. The number of aliphatic hydroxyl groups excluding tert-OH is 1. The molecule has 0 spiro atoms. The number of hydrogen-bond donors (Lipinski definition) is 3. The maximum atomic E-state index is 12.9. The molecule has 33 heavy (non-hydrogen) atoms. The number of nitrogens with one attached hydrogen (secondary N) is 1. The van der Waals surface area contributed by atoms with Gasteiger partial charge in [-0.3, -0.25) is 0 Å². The lowest BCUT2D eigenvalue weighted by Gasteiger charge is -2.13. The van der Waals surface area contributed by atoms with E-state index in [9.17, 15) is 18.3 Å². The SMILES string of the molecule is O=C(O)/C=C/c1cccc(S(=O)(=O)c2ccc(CCNC[C@H](O)c3cccc(Cl)c3)cc2)c1. The van der Waals surface area contributed by atoms with Crippen molar-refractivity contribution in [3.8, 4) is 0 Å². The van der Waals surface area contributed by atoms with Crippen LogP contribution >= 0.6 is 11.6 Å². The Balaban J connectivity index is 1.58. The Morgan fingerprint density at radius 3 is 2.42 bits per heavy atom. The van der Waals surface area contributed by atoms with Crippen molar-refractivity contribution in [1.82, 2.24) is 5.32 Å². The Morgan fingerprint density at radius 2 is 1.73 bits per heavy atom. The van der Waals surface area contributed by atoms with Crippen LogP contribution in [0.1, 0.15) is 22.8 Å². The largest absolute Gasteiger partial charge is 0.478 e. The highest BCUT2D eigenvalue weighted by molar-refractivity contribution is 7.91. The molecule has 0 saturated carbocycles. The second kappa shape index (κ2) is 11.2. The summed E-state index contributed by atoms with van der Waals surface area (Å²) in [6.07, 6.45) is 2.30. The van der Waals surface area contributed by atoms with Crippen molar-refractivity contribution < 1.29 is 23.4 Å². The number of aliphatic hydroxyl groups is 1. The van der Waals surface area contributed by atoms with E-state index in [-0.39, 0.29) is 9.79 Å². The fourth-order valence-corrected chi connectivity index (χ4v) is 4.74. The van der Waals surface area contributed by atoms with E-state index in [0.717, 1.165) is 17.2 Å². The van der Waals surface area contributed by atoms with Gasteiger partial charge in [-0.25, -0.2) is 13.2 Å². The molecule has 0 saturated heterocycles. The normalized spacial score (nSPS) is 12.7. The Bertz CT molecular complexity index is 1240. The van der Waals surface area contributed by atoms with Gasteiger partial charge in [0.25, 0.3) is 0 Å². The molecule has 0 radical (unpaired) electrons. The maximum Gasteiger partial charge on any atom is 0.328 e. The van der Waals surface area contributed by atoms with E-state index in [1.807, 2.05) is 6.07 Å². The molecule has 1 atom stereocenters. The minimum absolute atomic E-state index is 0.0967. The van der Waals surface area contributed by atoms with Crippen LogP contribution in [0.25, 0.3) is 6.08 Å². The van der Waals surface area contributed by atoms with Crippen LogP contribution in [-0.4, -0.2) is 37.7 Å². The van der Waals surface area contributed by atoms with Gasteiger partial charge < -0.3 is 15.5 Å². The molecular formula is C25H24ClNO5S. The molecule has 0 aliphatic carbocycles. The van der Waals surface area contributed by atoms with Gasteiger partial charge in [0.2, 0.25) is 9.84 Å². The standard InChI is InChI=1S/C25H24ClNO5S/c26-21-5-2-4-20(16-21)24(28)17-27-14-13-18-7-10-22(11-8-18)33(31,32)23-6-1-3-19(15-23)9-12-25(29)30/h1-12,15-16,24,27-28H,13-14,17H2,(H,29,30)/b12-9+/t24-/m0/s1. The lowest BCUT2D eigenvalue weighted by Crippen LogP contribution is -2.23. The summed E-state index contributed by atoms with van der Waals surface area (Å²) in [5.74, 6) is -1.10. The summed E-state index contributed by atoms with van der Waals surface area (Å²) < 4.78 is 25.9. The van der Waals surface area contributed by atoms with E-state index in [1.54, 1.807) is 54.6 Å². The highest BCUT2D eigenvalue weighted by Gasteiger charge is 2.17. The van der Waals surface area contributed by atoms with Crippen molar-refractivity contribution in [2.75, 3.05) is 13.1 Å². The van der Waals surface area contributed by atoms with E-state index in [1.165, 1.54) is 18.2 Å². The van der Waals surface area contributed by atoms with Gasteiger partial charge in [-0.05, 0) is 72.1 Å². The van der Waals surface area contributed by atoms with Gasteiger partial charge in [0, 0.05) is 17.6 Å². The Labute approximate surface area is 198 Å². The summed E-state index contributed by atoms with van der Waals surface area (Å²) in [5.41, 5.74) is 2.19. The highest BCUT2D eigenvalue weighted by Crippen LogP contribution is 2.23. The zero-order valence-electron chi connectivity index (χ0n) is 17.7. The molecule has 3 rings (SSSR count). The van der Waals surface area contributed by atoms with E-state index in [2.05, 4.69) is 5.32 Å². The molecule has 0 aliphatic rings. The third kappa shape index (κ3) is 7.00. The number of rotatable bonds is 10. The van der Waals surface area contributed by atoms with Crippen LogP contribution < -0.4 is 5.32 Å². The second-order valence-corrected chi connectivity index (χ2v) is 9.80. The lowest BCUT2D eigenvalue weighted by molar-refractivity contribution is -0.131. The first-order valence-electron chi connectivity index (χ1n) is 10.2. The first-order chi connectivity index (χ1) is 15.8. The summed E-state index contributed by atoms with van der Waals surface area (Å²) in [4.78, 5) is 10.9. The monoisotopic (exact) mass is 485 g/mol. The van der Waals surface area contributed by atoms with Gasteiger partial charge in [0.1, 0.15) is 0 Å². The first kappa shape index (κ1) is 24.7. The van der Waals surface area contributed by atoms with Gasteiger partial charge in [0.05, 0.1) is 15.9 Å². The highest BCUT2D eigenvalue weighted by atomic mass is 35.5. The van der Waals surface area contributed by atoms with Crippen LogP contribution in [0, 0.1) is 0 Å². The molecule has 3 aromatic carbocycles. The summed E-state index contributed by atoms with van der Waals surface area (Å²) >= 11 is 5.95. The predicted molar refractivity (Wildman–Crippen MR) is 128 cm³/mol. The Kier molecular flexibility index (Phi) is 8.41. The minimum atomic E-state index is -3.73. The first-order valence-corrected chi connectivity index (χ1v) is 12.1. The molecule has 0 bridgehead atoms. The number of carbonyl (C=O) groups is 1. The zero-order chi connectivity index (χ0) is 23.8. The number of carboxylic acids is 1. The average Bonchev–Trinajstić information content (AvgIpc) is 2.81.